The van der Waals surface area contributed by atoms with Gasteiger partial charge in [0, 0.05) is 17.9 Å². The predicted molar refractivity (Wildman–Crippen MR) is 81.5 cm³/mol. The van der Waals surface area contributed by atoms with Crippen LogP contribution in [0.25, 0.3) is 0 Å². The van der Waals surface area contributed by atoms with Crippen molar-refractivity contribution in [2.24, 2.45) is 0 Å². The first kappa shape index (κ1) is 14.6. The maximum atomic E-state index is 13.6. The summed E-state index contributed by atoms with van der Waals surface area (Å²) in [7, 11) is 0. The minimum absolute atomic E-state index is 0.157. The fourth-order valence-corrected chi connectivity index (χ4v) is 2.97. The topological polar surface area (TPSA) is 60.1 Å². The fraction of sp³-hybridized carbons (Fsp3) is 0.176. The summed E-state index contributed by atoms with van der Waals surface area (Å²) in [6.07, 6.45) is 3.36. The average molecular weight is 329 g/mol. The smallest absolute Gasteiger partial charge is 0.226 e. The van der Waals surface area contributed by atoms with E-state index in [-0.39, 0.29) is 18.2 Å². The summed E-state index contributed by atoms with van der Waals surface area (Å²) < 4.78 is 33.7. The first-order valence-corrected chi connectivity index (χ1v) is 7.44. The van der Waals surface area contributed by atoms with Gasteiger partial charge in [-0.05, 0) is 29.8 Å². The second kappa shape index (κ2) is 5.59. The van der Waals surface area contributed by atoms with Crippen molar-refractivity contribution in [2.45, 2.75) is 18.9 Å². The van der Waals surface area contributed by atoms with Gasteiger partial charge in [0.05, 0.1) is 12.5 Å². The van der Waals surface area contributed by atoms with Crippen LogP contribution in [-0.2, 0) is 11.3 Å². The largest absolute Gasteiger partial charge is 0.467 e. The van der Waals surface area contributed by atoms with Crippen LogP contribution in [0, 0.1) is 11.6 Å². The summed E-state index contributed by atoms with van der Waals surface area (Å²) in [5, 5.41) is 7.10. The molecule has 1 atom stereocenters. The van der Waals surface area contributed by atoms with E-state index in [0.717, 1.165) is 17.7 Å². The summed E-state index contributed by atoms with van der Waals surface area (Å²) in [5.74, 6) is -1.15. The maximum Gasteiger partial charge on any atom is 0.226 e. The van der Waals surface area contributed by atoms with Crippen molar-refractivity contribution >= 4 is 11.7 Å². The quantitative estimate of drug-likeness (QED) is 0.802. The van der Waals surface area contributed by atoms with Gasteiger partial charge in [-0.1, -0.05) is 6.07 Å². The summed E-state index contributed by atoms with van der Waals surface area (Å²) >= 11 is 0. The van der Waals surface area contributed by atoms with Gasteiger partial charge >= 0.3 is 0 Å². The van der Waals surface area contributed by atoms with Gasteiger partial charge < -0.3 is 9.73 Å². The molecule has 1 aliphatic rings. The molecule has 1 aromatic carbocycles. The zero-order valence-corrected chi connectivity index (χ0v) is 12.5. The van der Waals surface area contributed by atoms with Gasteiger partial charge in [-0.25, -0.2) is 13.5 Å². The van der Waals surface area contributed by atoms with E-state index in [9.17, 15) is 13.6 Å². The van der Waals surface area contributed by atoms with Crippen LogP contribution in [0.2, 0.25) is 0 Å². The minimum atomic E-state index is -0.928. The average Bonchev–Trinajstić information content (AvgIpc) is 3.20. The number of hydrogen-bond donors (Lipinski definition) is 1. The van der Waals surface area contributed by atoms with Gasteiger partial charge in [0.25, 0.3) is 0 Å². The van der Waals surface area contributed by atoms with E-state index < -0.39 is 11.6 Å². The molecule has 1 amide bonds. The van der Waals surface area contributed by atoms with Gasteiger partial charge in [-0.3, -0.25) is 4.79 Å². The van der Waals surface area contributed by atoms with Crippen LogP contribution in [0.1, 0.15) is 29.2 Å². The van der Waals surface area contributed by atoms with Crippen molar-refractivity contribution in [1.82, 2.24) is 9.78 Å². The number of aromatic nitrogens is 2. The minimum Gasteiger partial charge on any atom is -0.467 e. The third-order valence-corrected chi connectivity index (χ3v) is 4.12. The third-order valence-electron chi connectivity index (χ3n) is 4.12. The Morgan fingerprint density at radius 3 is 2.92 bits per heavy atom. The van der Waals surface area contributed by atoms with Crippen LogP contribution in [-0.4, -0.2) is 15.7 Å². The second-order valence-corrected chi connectivity index (χ2v) is 5.66. The molecule has 4 rings (SSSR count). The lowest BCUT2D eigenvalue weighted by Crippen LogP contribution is -2.25. The number of carbonyl (C=O) groups is 1. The first-order valence-electron chi connectivity index (χ1n) is 7.44. The molecule has 0 fully saturated rings. The van der Waals surface area contributed by atoms with E-state index in [1.54, 1.807) is 23.2 Å². The van der Waals surface area contributed by atoms with E-state index in [0.29, 0.717) is 23.7 Å². The van der Waals surface area contributed by atoms with Gasteiger partial charge in [-0.2, -0.15) is 5.10 Å². The van der Waals surface area contributed by atoms with Crippen LogP contribution in [0.3, 0.4) is 0 Å². The molecule has 122 valence electrons. The molecule has 1 aliphatic heterocycles. The Morgan fingerprint density at radius 2 is 2.17 bits per heavy atom. The molecule has 0 aliphatic carbocycles. The zero-order chi connectivity index (χ0) is 16.7. The molecule has 0 radical (unpaired) electrons. The number of rotatable bonds is 3. The number of nitrogens with zero attached hydrogens (tertiary/aromatic N) is 2. The molecule has 1 N–H and O–H groups in total. The van der Waals surface area contributed by atoms with Crippen molar-refractivity contribution < 1.29 is 18.0 Å². The van der Waals surface area contributed by atoms with Crippen molar-refractivity contribution in [3.05, 3.63) is 71.3 Å². The SMILES string of the molecule is O=C1C[C@@H](c2ccc(F)c(F)c2)c2cnn(Cc3ccco3)c2N1. The Kier molecular flexibility index (Phi) is 3.41. The van der Waals surface area contributed by atoms with E-state index in [2.05, 4.69) is 10.4 Å². The van der Waals surface area contributed by atoms with Crippen LogP contribution < -0.4 is 5.32 Å². The molecule has 0 saturated heterocycles. The molecule has 0 saturated carbocycles. The van der Waals surface area contributed by atoms with Crippen LogP contribution >= 0.6 is 0 Å². The second-order valence-electron chi connectivity index (χ2n) is 5.66. The fourth-order valence-electron chi connectivity index (χ4n) is 2.97. The Labute approximate surface area is 135 Å². The number of amides is 1. The number of fused-ring (bicyclic) bond motifs is 1. The number of halogens is 2. The van der Waals surface area contributed by atoms with Crippen LogP contribution in [0.15, 0.2) is 47.2 Å². The molecular weight excluding hydrogens is 316 g/mol. The summed E-state index contributed by atoms with van der Waals surface area (Å²) in [6, 6.07) is 7.28. The molecule has 0 unspecified atom stereocenters. The van der Waals surface area contributed by atoms with Gasteiger partial charge in [0.1, 0.15) is 18.1 Å². The lowest BCUT2D eigenvalue weighted by atomic mass is 9.87. The van der Waals surface area contributed by atoms with Crippen LogP contribution in [0.5, 0.6) is 0 Å². The van der Waals surface area contributed by atoms with Gasteiger partial charge in [0.15, 0.2) is 11.6 Å². The number of anilines is 1. The Balaban J connectivity index is 1.73. The highest BCUT2D eigenvalue weighted by atomic mass is 19.2. The molecule has 7 heteroatoms. The van der Waals surface area contributed by atoms with Gasteiger partial charge in [-0.15, -0.1) is 0 Å². The van der Waals surface area contributed by atoms with Gasteiger partial charge in [0.2, 0.25) is 5.91 Å². The molecule has 0 spiro atoms. The molecule has 5 nitrogen and oxygen atoms in total. The van der Waals surface area contributed by atoms with E-state index in [4.69, 9.17) is 4.42 Å². The Hall–Kier alpha value is -2.96. The van der Waals surface area contributed by atoms with Crippen molar-refractivity contribution in [2.75, 3.05) is 5.32 Å². The first-order chi connectivity index (χ1) is 11.6. The molecule has 0 bridgehead atoms. The van der Waals surface area contributed by atoms with E-state index >= 15 is 0 Å². The normalized spacial score (nSPS) is 16.8. The predicted octanol–water partition coefficient (Wildman–Crippen LogP) is 3.28. The lowest BCUT2D eigenvalue weighted by molar-refractivity contribution is -0.116. The van der Waals surface area contributed by atoms with Crippen LogP contribution in [0.4, 0.5) is 14.6 Å². The van der Waals surface area contributed by atoms with Crippen molar-refractivity contribution in [3.8, 4) is 0 Å². The zero-order valence-electron chi connectivity index (χ0n) is 12.5. The third kappa shape index (κ3) is 2.47. The number of furan rings is 1. The van der Waals surface area contributed by atoms with E-state index in [1.807, 2.05) is 6.07 Å². The monoisotopic (exact) mass is 329 g/mol. The summed E-state index contributed by atoms with van der Waals surface area (Å²) in [6.45, 7) is 0.368. The molecule has 24 heavy (non-hydrogen) atoms. The molecular formula is C17H13F2N3O2. The number of nitrogens with one attached hydrogen (secondary N) is 1. The van der Waals surface area contributed by atoms with E-state index in [1.165, 1.54) is 6.07 Å². The highest BCUT2D eigenvalue weighted by molar-refractivity contribution is 5.94. The summed E-state index contributed by atoms with van der Waals surface area (Å²) in [5.41, 5.74) is 1.31. The summed E-state index contributed by atoms with van der Waals surface area (Å²) in [4.78, 5) is 12.1. The Bertz CT molecular complexity index is 903. The van der Waals surface area contributed by atoms with Crippen molar-refractivity contribution in [3.63, 3.8) is 0 Å². The highest BCUT2D eigenvalue weighted by Crippen LogP contribution is 2.37. The van der Waals surface area contributed by atoms with Crippen molar-refractivity contribution in [1.29, 1.82) is 0 Å². The molecule has 3 aromatic rings. The lowest BCUT2D eigenvalue weighted by Gasteiger charge is -2.23. The number of carbonyl (C=O) groups excluding carboxylic acids is 1. The highest BCUT2D eigenvalue weighted by Gasteiger charge is 2.30. The standard InChI is InChI=1S/C17H13F2N3O2/c18-14-4-3-10(6-15(14)19)12-7-16(23)21-17-13(12)8-20-22(17)9-11-2-1-5-24-11/h1-6,8,12H,7,9H2,(H,21,23)/t12-/m0/s1. The maximum absolute atomic E-state index is 13.6. The Morgan fingerprint density at radius 1 is 1.29 bits per heavy atom. The number of benzene rings is 1. The molecule has 3 heterocycles. The molecule has 2 aromatic heterocycles. The number of hydrogen-bond acceptors (Lipinski definition) is 3.